The molecule has 1 aromatic carbocycles. The third kappa shape index (κ3) is 4.75. The highest BCUT2D eigenvalue weighted by Gasteiger charge is 2.15. The van der Waals surface area contributed by atoms with Crippen LogP contribution in [-0.2, 0) is 9.59 Å². The van der Waals surface area contributed by atoms with Gasteiger partial charge in [0.2, 0.25) is 0 Å². The number of carbonyl (C=O) groups is 2. The molecule has 6 heteroatoms. The molecule has 1 aromatic rings. The summed E-state index contributed by atoms with van der Waals surface area (Å²) in [5, 5.41) is 8.54. The van der Waals surface area contributed by atoms with Crippen molar-refractivity contribution >= 4 is 33.9 Å². The van der Waals surface area contributed by atoms with Crippen molar-refractivity contribution in [3.05, 3.63) is 34.3 Å². The number of amides is 1. The first-order valence-electron chi connectivity index (χ1n) is 5.60. The molecule has 0 fully saturated rings. The maximum atomic E-state index is 11.1. The van der Waals surface area contributed by atoms with Crippen molar-refractivity contribution in [3.63, 3.8) is 0 Å². The summed E-state index contributed by atoms with van der Waals surface area (Å²) in [6, 6.07) is 5.03. The molecule has 1 rings (SSSR count). The van der Waals surface area contributed by atoms with Crippen LogP contribution < -0.4 is 10.5 Å². The highest BCUT2D eigenvalue weighted by atomic mass is 79.9. The summed E-state index contributed by atoms with van der Waals surface area (Å²) in [7, 11) is 0. The highest BCUT2D eigenvalue weighted by molar-refractivity contribution is 9.10. The summed E-state index contributed by atoms with van der Waals surface area (Å²) in [6.45, 7) is 1.80. The van der Waals surface area contributed by atoms with Crippen LogP contribution in [0.1, 0.15) is 18.9 Å². The number of carboxylic acid groups (broad SMARTS) is 1. The number of ether oxygens (including phenoxy) is 1. The van der Waals surface area contributed by atoms with Crippen molar-refractivity contribution in [1.29, 1.82) is 0 Å². The number of nitrogens with two attached hydrogens (primary N) is 1. The lowest BCUT2D eigenvalue weighted by atomic mass is 10.2. The van der Waals surface area contributed by atoms with E-state index in [-0.39, 0.29) is 0 Å². The van der Waals surface area contributed by atoms with Gasteiger partial charge >= 0.3 is 5.97 Å². The first kappa shape index (κ1) is 15.2. The number of primary amides is 1. The summed E-state index contributed by atoms with van der Waals surface area (Å²) in [6.07, 6.45) is 2.29. The molecule has 102 valence electrons. The van der Waals surface area contributed by atoms with Crippen molar-refractivity contribution in [2.24, 2.45) is 5.73 Å². The van der Waals surface area contributed by atoms with E-state index in [2.05, 4.69) is 15.9 Å². The molecule has 0 bridgehead atoms. The van der Waals surface area contributed by atoms with Gasteiger partial charge in [0.1, 0.15) is 5.75 Å². The lowest BCUT2D eigenvalue weighted by molar-refractivity contribution is -0.131. The number of rotatable bonds is 6. The van der Waals surface area contributed by atoms with Crippen molar-refractivity contribution in [3.8, 4) is 5.75 Å². The Kier molecular flexibility index (Phi) is 5.57. The molecule has 1 atom stereocenters. The minimum absolute atomic E-state index is 0.475. The van der Waals surface area contributed by atoms with Gasteiger partial charge in [-0.25, -0.2) is 4.79 Å². The predicted molar refractivity (Wildman–Crippen MR) is 74.7 cm³/mol. The Morgan fingerprint density at radius 1 is 1.53 bits per heavy atom. The zero-order valence-electron chi connectivity index (χ0n) is 10.3. The van der Waals surface area contributed by atoms with E-state index in [9.17, 15) is 9.59 Å². The Balaban J connectivity index is 2.88. The molecular formula is C13H14BrNO4. The van der Waals surface area contributed by atoms with Gasteiger partial charge in [-0.05, 0) is 46.1 Å². The van der Waals surface area contributed by atoms with Gasteiger partial charge in [0.25, 0.3) is 5.91 Å². The van der Waals surface area contributed by atoms with E-state index in [0.29, 0.717) is 22.2 Å². The molecule has 0 spiro atoms. The number of benzene rings is 1. The first-order chi connectivity index (χ1) is 8.93. The topological polar surface area (TPSA) is 89.6 Å². The second-order valence-electron chi connectivity index (χ2n) is 3.78. The molecule has 0 saturated heterocycles. The van der Waals surface area contributed by atoms with Gasteiger partial charge < -0.3 is 15.6 Å². The molecule has 0 aliphatic rings. The molecular weight excluding hydrogens is 314 g/mol. The summed E-state index contributed by atoms with van der Waals surface area (Å²) in [5.41, 5.74) is 5.90. The number of carbonyl (C=O) groups excluding carboxylic acids is 1. The quantitative estimate of drug-likeness (QED) is 0.783. The smallest absolute Gasteiger partial charge is 0.328 e. The molecule has 1 amide bonds. The Hall–Kier alpha value is -1.82. The molecule has 1 unspecified atom stereocenters. The summed E-state index contributed by atoms with van der Waals surface area (Å²) in [4.78, 5) is 21.5. The molecule has 0 radical (unpaired) electrons. The number of hydrogen-bond donors (Lipinski definition) is 2. The molecule has 0 heterocycles. The van der Waals surface area contributed by atoms with Crippen molar-refractivity contribution in [2.45, 2.75) is 19.4 Å². The Labute approximate surface area is 119 Å². The number of hydrogen-bond acceptors (Lipinski definition) is 3. The van der Waals surface area contributed by atoms with Crippen LogP contribution >= 0.6 is 15.9 Å². The Morgan fingerprint density at radius 2 is 2.21 bits per heavy atom. The van der Waals surface area contributed by atoms with Crippen LogP contribution in [0.4, 0.5) is 0 Å². The van der Waals surface area contributed by atoms with E-state index in [0.717, 1.165) is 6.08 Å². The average molecular weight is 328 g/mol. The molecule has 0 saturated carbocycles. The van der Waals surface area contributed by atoms with Crippen LogP contribution in [0.15, 0.2) is 28.7 Å². The SMILES string of the molecule is CCC(Oc1ccc(C=CC(=O)O)cc1Br)C(N)=O. The van der Waals surface area contributed by atoms with E-state index in [1.54, 1.807) is 25.1 Å². The van der Waals surface area contributed by atoms with Gasteiger partial charge in [0.05, 0.1) is 4.47 Å². The van der Waals surface area contributed by atoms with E-state index in [4.69, 9.17) is 15.6 Å². The van der Waals surface area contributed by atoms with E-state index in [1.165, 1.54) is 6.08 Å². The molecule has 0 aromatic heterocycles. The monoisotopic (exact) mass is 327 g/mol. The third-order valence-corrected chi connectivity index (χ3v) is 2.95. The Morgan fingerprint density at radius 3 is 2.68 bits per heavy atom. The van der Waals surface area contributed by atoms with E-state index in [1.807, 2.05) is 0 Å². The second-order valence-corrected chi connectivity index (χ2v) is 4.63. The molecule has 3 N–H and O–H groups in total. The fourth-order valence-corrected chi connectivity index (χ4v) is 1.87. The van der Waals surface area contributed by atoms with Crippen molar-refractivity contribution in [1.82, 2.24) is 0 Å². The lowest BCUT2D eigenvalue weighted by Gasteiger charge is -2.15. The molecule has 19 heavy (non-hydrogen) atoms. The maximum Gasteiger partial charge on any atom is 0.328 e. The standard InChI is InChI=1S/C13H14BrNO4/c1-2-10(13(15)18)19-11-5-3-8(7-9(11)14)4-6-12(16)17/h3-7,10H,2H2,1H3,(H2,15,18)(H,16,17). The molecule has 0 aliphatic heterocycles. The predicted octanol–water partition coefficient (Wildman–Crippen LogP) is 2.19. The third-order valence-electron chi connectivity index (χ3n) is 2.33. The van der Waals surface area contributed by atoms with Crippen LogP contribution in [-0.4, -0.2) is 23.1 Å². The number of halogens is 1. The van der Waals surface area contributed by atoms with Gasteiger partial charge in [-0.3, -0.25) is 4.79 Å². The number of aliphatic carboxylic acids is 1. The van der Waals surface area contributed by atoms with Crippen LogP contribution in [0.3, 0.4) is 0 Å². The summed E-state index contributed by atoms with van der Waals surface area (Å²) in [5.74, 6) is -1.06. The molecule has 5 nitrogen and oxygen atoms in total. The normalized spacial score (nSPS) is 12.3. The van der Waals surface area contributed by atoms with Crippen LogP contribution in [0.25, 0.3) is 6.08 Å². The average Bonchev–Trinajstić information content (AvgIpc) is 2.34. The maximum absolute atomic E-state index is 11.1. The van der Waals surface area contributed by atoms with E-state index >= 15 is 0 Å². The van der Waals surface area contributed by atoms with Gasteiger partial charge in [-0.15, -0.1) is 0 Å². The minimum Gasteiger partial charge on any atom is -0.479 e. The first-order valence-corrected chi connectivity index (χ1v) is 6.40. The fourth-order valence-electron chi connectivity index (χ4n) is 1.38. The molecule has 0 aliphatic carbocycles. The van der Waals surface area contributed by atoms with E-state index < -0.39 is 18.0 Å². The van der Waals surface area contributed by atoms with Crippen LogP contribution in [0.2, 0.25) is 0 Å². The van der Waals surface area contributed by atoms with Crippen LogP contribution in [0, 0.1) is 0 Å². The summed E-state index contributed by atoms with van der Waals surface area (Å²) >= 11 is 3.30. The highest BCUT2D eigenvalue weighted by Crippen LogP contribution is 2.27. The lowest BCUT2D eigenvalue weighted by Crippen LogP contribution is -2.33. The zero-order chi connectivity index (χ0) is 14.4. The second kappa shape index (κ2) is 6.94. The minimum atomic E-state index is -1.02. The summed E-state index contributed by atoms with van der Waals surface area (Å²) < 4.78 is 6.10. The fraction of sp³-hybridized carbons (Fsp3) is 0.231. The van der Waals surface area contributed by atoms with Crippen molar-refractivity contribution < 1.29 is 19.4 Å². The van der Waals surface area contributed by atoms with Gasteiger partial charge in [-0.1, -0.05) is 13.0 Å². The van der Waals surface area contributed by atoms with Crippen molar-refractivity contribution in [2.75, 3.05) is 0 Å². The number of carboxylic acids is 1. The van der Waals surface area contributed by atoms with Crippen LogP contribution in [0.5, 0.6) is 5.75 Å². The zero-order valence-corrected chi connectivity index (χ0v) is 11.9. The largest absolute Gasteiger partial charge is 0.479 e. The van der Waals surface area contributed by atoms with Gasteiger partial charge in [0, 0.05) is 6.08 Å². The van der Waals surface area contributed by atoms with Gasteiger partial charge in [-0.2, -0.15) is 0 Å². The Bertz CT molecular complexity index is 513. The van der Waals surface area contributed by atoms with Gasteiger partial charge in [0.15, 0.2) is 6.10 Å².